The minimum absolute atomic E-state index is 0.0593. The van der Waals surface area contributed by atoms with Gasteiger partial charge in [0, 0.05) is 15.1 Å². The largest absolute Gasteiger partial charge is 0.457 e. The molecule has 0 spiro atoms. The summed E-state index contributed by atoms with van der Waals surface area (Å²) >= 11 is 9.16. The van der Waals surface area contributed by atoms with Crippen molar-refractivity contribution < 1.29 is 9.84 Å². The number of ether oxygens (including phenoxy) is 1. The highest BCUT2D eigenvalue weighted by molar-refractivity contribution is 9.10. The summed E-state index contributed by atoms with van der Waals surface area (Å²) < 4.78 is 6.59. The molecule has 0 aliphatic rings. The molecule has 0 saturated heterocycles. The molecular formula is C13H10BrClO2. The third-order valence-corrected chi connectivity index (χ3v) is 2.99. The predicted octanol–water partition coefficient (Wildman–Crippen LogP) is 4.39. The van der Waals surface area contributed by atoms with E-state index in [1.807, 2.05) is 18.2 Å². The number of rotatable bonds is 3. The van der Waals surface area contributed by atoms with E-state index in [9.17, 15) is 5.11 Å². The molecule has 0 heterocycles. The molecule has 0 amide bonds. The molecule has 0 radical (unpaired) electrons. The molecule has 2 rings (SSSR count). The van der Waals surface area contributed by atoms with Crippen molar-refractivity contribution in [2.75, 3.05) is 0 Å². The van der Waals surface area contributed by atoms with Crippen molar-refractivity contribution in [2.45, 2.75) is 6.61 Å². The van der Waals surface area contributed by atoms with E-state index in [0.717, 1.165) is 10.0 Å². The maximum Gasteiger partial charge on any atom is 0.134 e. The van der Waals surface area contributed by atoms with Crippen LogP contribution in [0.5, 0.6) is 11.5 Å². The summed E-state index contributed by atoms with van der Waals surface area (Å²) in [5.74, 6) is 1.31. The van der Waals surface area contributed by atoms with Gasteiger partial charge in [-0.2, -0.15) is 0 Å². The first-order chi connectivity index (χ1) is 8.19. The monoisotopic (exact) mass is 312 g/mol. The van der Waals surface area contributed by atoms with Crippen molar-refractivity contribution in [3.8, 4) is 11.5 Å². The van der Waals surface area contributed by atoms with Crippen LogP contribution in [0, 0.1) is 0 Å². The molecule has 0 unspecified atom stereocenters. The van der Waals surface area contributed by atoms with Crippen LogP contribution in [0.2, 0.25) is 5.02 Å². The number of hydrogen-bond donors (Lipinski definition) is 1. The lowest BCUT2D eigenvalue weighted by molar-refractivity contribution is 0.276. The number of halogens is 2. The van der Waals surface area contributed by atoms with Crippen LogP contribution in [0.15, 0.2) is 46.9 Å². The summed E-state index contributed by atoms with van der Waals surface area (Å²) in [6, 6.07) is 12.6. The molecule has 17 heavy (non-hydrogen) atoms. The van der Waals surface area contributed by atoms with Gasteiger partial charge in [0.25, 0.3) is 0 Å². The number of benzene rings is 2. The van der Waals surface area contributed by atoms with E-state index in [2.05, 4.69) is 15.9 Å². The Labute approximate surface area is 113 Å². The fourth-order valence-electron chi connectivity index (χ4n) is 1.38. The van der Waals surface area contributed by atoms with Crippen molar-refractivity contribution >= 4 is 27.5 Å². The first-order valence-electron chi connectivity index (χ1n) is 5.02. The molecule has 0 bridgehead atoms. The number of aliphatic hydroxyl groups is 1. The van der Waals surface area contributed by atoms with Gasteiger partial charge in [-0.15, -0.1) is 0 Å². The van der Waals surface area contributed by atoms with E-state index in [-0.39, 0.29) is 6.61 Å². The predicted molar refractivity (Wildman–Crippen MR) is 71.6 cm³/mol. The Morgan fingerprint density at radius 2 is 1.82 bits per heavy atom. The van der Waals surface area contributed by atoms with Gasteiger partial charge in [0.15, 0.2) is 0 Å². The standard InChI is InChI=1S/C13H10BrClO2/c14-10-2-1-9(8-16)13(7-10)17-12-5-3-11(15)4-6-12/h1-7,16H,8H2. The highest BCUT2D eigenvalue weighted by Gasteiger charge is 2.05. The van der Waals surface area contributed by atoms with Gasteiger partial charge in [-0.1, -0.05) is 33.6 Å². The molecule has 4 heteroatoms. The Morgan fingerprint density at radius 3 is 2.47 bits per heavy atom. The van der Waals surface area contributed by atoms with Gasteiger partial charge >= 0.3 is 0 Å². The minimum Gasteiger partial charge on any atom is -0.457 e. The molecule has 1 N–H and O–H groups in total. The van der Waals surface area contributed by atoms with Crippen molar-refractivity contribution in [3.05, 3.63) is 57.5 Å². The Morgan fingerprint density at radius 1 is 1.12 bits per heavy atom. The van der Waals surface area contributed by atoms with Crippen LogP contribution in [-0.2, 0) is 6.61 Å². The third kappa shape index (κ3) is 3.22. The van der Waals surface area contributed by atoms with Gasteiger partial charge in [0.1, 0.15) is 11.5 Å². The van der Waals surface area contributed by atoms with E-state index in [4.69, 9.17) is 16.3 Å². The molecule has 2 aromatic carbocycles. The first-order valence-corrected chi connectivity index (χ1v) is 6.19. The van der Waals surface area contributed by atoms with Crippen LogP contribution in [-0.4, -0.2) is 5.11 Å². The highest BCUT2D eigenvalue weighted by atomic mass is 79.9. The zero-order valence-electron chi connectivity index (χ0n) is 8.86. The maximum absolute atomic E-state index is 9.22. The Hall–Kier alpha value is -1.03. The Kier molecular flexibility index (Phi) is 4.05. The molecule has 2 nitrogen and oxygen atoms in total. The van der Waals surface area contributed by atoms with Crippen LogP contribution in [0.25, 0.3) is 0 Å². The SMILES string of the molecule is OCc1ccc(Br)cc1Oc1ccc(Cl)cc1. The molecule has 0 fully saturated rings. The van der Waals surface area contributed by atoms with Crippen molar-refractivity contribution in [1.29, 1.82) is 0 Å². The van der Waals surface area contributed by atoms with Gasteiger partial charge < -0.3 is 9.84 Å². The van der Waals surface area contributed by atoms with Gasteiger partial charge in [-0.3, -0.25) is 0 Å². The number of hydrogen-bond acceptors (Lipinski definition) is 2. The summed E-state index contributed by atoms with van der Waals surface area (Å²) in [4.78, 5) is 0. The third-order valence-electron chi connectivity index (χ3n) is 2.24. The molecule has 88 valence electrons. The van der Waals surface area contributed by atoms with E-state index in [1.165, 1.54) is 0 Å². The van der Waals surface area contributed by atoms with Gasteiger partial charge in [0.05, 0.1) is 6.61 Å². The summed E-state index contributed by atoms with van der Waals surface area (Å²) in [6.07, 6.45) is 0. The Balaban J connectivity index is 2.28. The van der Waals surface area contributed by atoms with E-state index >= 15 is 0 Å². The second-order valence-electron chi connectivity index (χ2n) is 3.47. The quantitative estimate of drug-likeness (QED) is 0.911. The lowest BCUT2D eigenvalue weighted by Gasteiger charge is -2.10. The van der Waals surface area contributed by atoms with E-state index in [0.29, 0.717) is 16.5 Å². The van der Waals surface area contributed by atoms with Crippen LogP contribution >= 0.6 is 27.5 Å². The van der Waals surface area contributed by atoms with Gasteiger partial charge in [-0.25, -0.2) is 0 Å². The average molecular weight is 314 g/mol. The molecule has 0 saturated carbocycles. The first kappa shape index (κ1) is 12.4. The van der Waals surface area contributed by atoms with E-state index < -0.39 is 0 Å². The lowest BCUT2D eigenvalue weighted by atomic mass is 10.2. The van der Waals surface area contributed by atoms with E-state index in [1.54, 1.807) is 24.3 Å². The molecule has 0 aromatic heterocycles. The fourth-order valence-corrected chi connectivity index (χ4v) is 1.85. The summed E-state index contributed by atoms with van der Waals surface area (Å²) in [7, 11) is 0. The zero-order valence-corrected chi connectivity index (χ0v) is 11.2. The van der Waals surface area contributed by atoms with Gasteiger partial charge in [-0.05, 0) is 36.4 Å². The Bertz CT molecular complexity index is 511. The molecule has 0 aliphatic carbocycles. The zero-order chi connectivity index (χ0) is 12.3. The maximum atomic E-state index is 9.22. The van der Waals surface area contributed by atoms with Gasteiger partial charge in [0.2, 0.25) is 0 Å². The van der Waals surface area contributed by atoms with Crippen LogP contribution in [0.1, 0.15) is 5.56 Å². The van der Waals surface area contributed by atoms with Crippen LogP contribution in [0.3, 0.4) is 0 Å². The lowest BCUT2D eigenvalue weighted by Crippen LogP contribution is -1.91. The molecular weight excluding hydrogens is 303 g/mol. The molecule has 0 atom stereocenters. The molecule has 2 aromatic rings. The summed E-state index contributed by atoms with van der Waals surface area (Å²) in [5.41, 5.74) is 0.739. The summed E-state index contributed by atoms with van der Waals surface area (Å²) in [5, 5.41) is 9.88. The van der Waals surface area contributed by atoms with Crippen molar-refractivity contribution in [1.82, 2.24) is 0 Å². The topological polar surface area (TPSA) is 29.5 Å². The number of aliphatic hydroxyl groups excluding tert-OH is 1. The molecule has 0 aliphatic heterocycles. The summed E-state index contributed by atoms with van der Waals surface area (Å²) in [6.45, 7) is -0.0593. The fraction of sp³-hybridized carbons (Fsp3) is 0.0769. The second kappa shape index (κ2) is 5.54. The van der Waals surface area contributed by atoms with Crippen molar-refractivity contribution in [3.63, 3.8) is 0 Å². The van der Waals surface area contributed by atoms with Crippen LogP contribution in [0.4, 0.5) is 0 Å². The second-order valence-corrected chi connectivity index (χ2v) is 4.82. The highest BCUT2D eigenvalue weighted by Crippen LogP contribution is 2.29. The minimum atomic E-state index is -0.0593. The smallest absolute Gasteiger partial charge is 0.134 e. The average Bonchev–Trinajstić information content (AvgIpc) is 2.32. The normalized spacial score (nSPS) is 10.3. The van der Waals surface area contributed by atoms with Crippen molar-refractivity contribution in [2.24, 2.45) is 0 Å². The van der Waals surface area contributed by atoms with Crippen LogP contribution < -0.4 is 4.74 Å².